The summed E-state index contributed by atoms with van der Waals surface area (Å²) in [7, 11) is 0. The van der Waals surface area contributed by atoms with Gasteiger partial charge in [-0.25, -0.2) is 4.98 Å². The Kier molecular flexibility index (Phi) is 3.94. The maximum absolute atomic E-state index is 5.34. The van der Waals surface area contributed by atoms with E-state index in [9.17, 15) is 0 Å². The molecule has 0 aromatic carbocycles. The van der Waals surface area contributed by atoms with Crippen molar-refractivity contribution in [3.63, 3.8) is 0 Å². The molecule has 0 amide bonds. The monoisotopic (exact) mass is 288 g/mol. The molecule has 3 rings (SSSR count). The predicted molar refractivity (Wildman–Crippen MR) is 78.3 cm³/mol. The molecule has 0 radical (unpaired) electrons. The van der Waals surface area contributed by atoms with Gasteiger partial charge in [0.15, 0.2) is 10.8 Å². The van der Waals surface area contributed by atoms with Gasteiger partial charge in [0.2, 0.25) is 0 Å². The fraction of sp³-hybridized carbons (Fsp3) is 0.286. The molecule has 0 unspecified atom stereocenters. The van der Waals surface area contributed by atoms with Crippen molar-refractivity contribution in [1.29, 1.82) is 0 Å². The molecule has 5 nitrogen and oxygen atoms in total. The maximum atomic E-state index is 5.34. The van der Waals surface area contributed by atoms with Crippen molar-refractivity contribution >= 4 is 11.3 Å². The molecule has 0 aliphatic carbocycles. The van der Waals surface area contributed by atoms with E-state index in [-0.39, 0.29) is 0 Å². The Morgan fingerprint density at radius 3 is 3.15 bits per heavy atom. The van der Waals surface area contributed by atoms with Crippen LogP contribution >= 0.6 is 11.3 Å². The average Bonchev–Trinajstić information content (AvgIpc) is 3.18. The van der Waals surface area contributed by atoms with Gasteiger partial charge in [0.25, 0.3) is 0 Å². The minimum Gasteiger partial charge on any atom is -0.462 e. The first-order valence-corrected chi connectivity index (χ1v) is 7.38. The van der Waals surface area contributed by atoms with Crippen LogP contribution in [-0.2, 0) is 13.1 Å². The van der Waals surface area contributed by atoms with Crippen LogP contribution in [0.4, 0.5) is 0 Å². The summed E-state index contributed by atoms with van der Waals surface area (Å²) in [6.07, 6.45) is 5.43. The standard InChI is InChI=1S/C14H16N4OS/c1-11(9-18-6-3-5-16-18)15-8-12-10-20-14(17-12)13-4-2-7-19-13/h2-7,10-11,15H,8-9H2,1H3/t11-/m0/s1. The molecule has 0 saturated heterocycles. The molecule has 3 aromatic heterocycles. The molecular formula is C14H16N4OS. The Bertz CT molecular complexity index is 630. The van der Waals surface area contributed by atoms with E-state index in [1.54, 1.807) is 23.8 Å². The molecular weight excluding hydrogens is 272 g/mol. The highest BCUT2D eigenvalue weighted by Crippen LogP contribution is 2.23. The first kappa shape index (κ1) is 13.1. The molecule has 0 bridgehead atoms. The van der Waals surface area contributed by atoms with Crippen LogP contribution in [0.3, 0.4) is 0 Å². The Labute approximate surface area is 121 Å². The second kappa shape index (κ2) is 6.02. The first-order valence-electron chi connectivity index (χ1n) is 6.50. The quantitative estimate of drug-likeness (QED) is 0.758. The number of hydrogen-bond donors (Lipinski definition) is 1. The second-order valence-electron chi connectivity index (χ2n) is 4.63. The minimum absolute atomic E-state index is 0.337. The lowest BCUT2D eigenvalue weighted by Gasteiger charge is -2.12. The van der Waals surface area contributed by atoms with Crippen molar-refractivity contribution in [2.45, 2.75) is 26.1 Å². The summed E-state index contributed by atoms with van der Waals surface area (Å²) < 4.78 is 7.27. The van der Waals surface area contributed by atoms with Gasteiger partial charge in [-0.15, -0.1) is 11.3 Å². The van der Waals surface area contributed by atoms with Crippen molar-refractivity contribution in [3.05, 3.63) is 47.9 Å². The van der Waals surface area contributed by atoms with Gasteiger partial charge < -0.3 is 9.73 Å². The molecule has 6 heteroatoms. The van der Waals surface area contributed by atoms with Gasteiger partial charge in [-0.05, 0) is 25.1 Å². The fourth-order valence-corrected chi connectivity index (χ4v) is 2.72. The van der Waals surface area contributed by atoms with Crippen LogP contribution in [-0.4, -0.2) is 20.8 Å². The summed E-state index contributed by atoms with van der Waals surface area (Å²) in [5.74, 6) is 0.825. The zero-order valence-electron chi connectivity index (χ0n) is 11.2. The summed E-state index contributed by atoms with van der Waals surface area (Å²) in [5, 5.41) is 10.6. The van der Waals surface area contributed by atoms with Gasteiger partial charge in [-0.1, -0.05) is 0 Å². The number of rotatable bonds is 6. The number of hydrogen-bond acceptors (Lipinski definition) is 5. The Balaban J connectivity index is 1.53. The van der Waals surface area contributed by atoms with Gasteiger partial charge in [0, 0.05) is 30.4 Å². The van der Waals surface area contributed by atoms with Crippen molar-refractivity contribution in [1.82, 2.24) is 20.1 Å². The summed E-state index contributed by atoms with van der Waals surface area (Å²) in [5.41, 5.74) is 1.04. The lowest BCUT2D eigenvalue weighted by atomic mass is 10.3. The number of aromatic nitrogens is 3. The molecule has 0 spiro atoms. The predicted octanol–water partition coefficient (Wildman–Crippen LogP) is 2.78. The summed E-state index contributed by atoms with van der Waals surface area (Å²) in [6, 6.07) is 6.07. The molecule has 3 heterocycles. The topological polar surface area (TPSA) is 55.9 Å². The van der Waals surface area contributed by atoms with Crippen molar-refractivity contribution < 1.29 is 4.42 Å². The van der Waals surface area contributed by atoms with Crippen molar-refractivity contribution in [3.8, 4) is 10.8 Å². The first-order chi connectivity index (χ1) is 9.81. The fourth-order valence-electron chi connectivity index (χ4n) is 1.93. The lowest BCUT2D eigenvalue weighted by molar-refractivity contribution is 0.449. The smallest absolute Gasteiger partial charge is 0.162 e. The van der Waals surface area contributed by atoms with Crippen LogP contribution in [0.1, 0.15) is 12.6 Å². The highest BCUT2D eigenvalue weighted by Gasteiger charge is 2.08. The number of nitrogens with zero attached hydrogens (tertiary/aromatic N) is 3. The highest BCUT2D eigenvalue weighted by molar-refractivity contribution is 7.13. The number of furan rings is 1. The number of thiazole rings is 1. The summed E-state index contributed by atoms with van der Waals surface area (Å²) in [6.45, 7) is 3.74. The van der Waals surface area contributed by atoms with Crippen LogP contribution in [0.5, 0.6) is 0 Å². The molecule has 0 aliphatic heterocycles. The Morgan fingerprint density at radius 1 is 1.45 bits per heavy atom. The van der Waals surface area contributed by atoms with Gasteiger partial charge in [0.05, 0.1) is 18.5 Å². The van der Waals surface area contributed by atoms with E-state index in [0.29, 0.717) is 6.04 Å². The van der Waals surface area contributed by atoms with E-state index in [2.05, 4.69) is 27.7 Å². The van der Waals surface area contributed by atoms with Crippen LogP contribution in [0.25, 0.3) is 10.8 Å². The van der Waals surface area contributed by atoms with E-state index < -0.39 is 0 Å². The van der Waals surface area contributed by atoms with Gasteiger partial charge in [0.1, 0.15) is 0 Å². The lowest BCUT2D eigenvalue weighted by Crippen LogP contribution is -2.30. The molecule has 1 atom stereocenters. The normalized spacial score (nSPS) is 12.7. The zero-order chi connectivity index (χ0) is 13.8. The van der Waals surface area contributed by atoms with Crippen LogP contribution in [0, 0.1) is 0 Å². The zero-order valence-corrected chi connectivity index (χ0v) is 12.0. The average molecular weight is 288 g/mol. The SMILES string of the molecule is C[C@@H](Cn1cccn1)NCc1csc(-c2ccco2)n1. The van der Waals surface area contributed by atoms with E-state index in [1.807, 2.05) is 29.1 Å². The molecule has 1 N–H and O–H groups in total. The van der Waals surface area contributed by atoms with Crippen LogP contribution in [0.15, 0.2) is 46.7 Å². The third-order valence-electron chi connectivity index (χ3n) is 2.94. The molecule has 0 fully saturated rings. The van der Waals surface area contributed by atoms with Gasteiger partial charge in [-0.2, -0.15) is 5.10 Å². The third kappa shape index (κ3) is 3.15. The highest BCUT2D eigenvalue weighted by atomic mass is 32.1. The van der Waals surface area contributed by atoms with E-state index in [4.69, 9.17) is 4.42 Å². The third-order valence-corrected chi connectivity index (χ3v) is 3.84. The van der Waals surface area contributed by atoms with E-state index in [0.717, 1.165) is 29.6 Å². The van der Waals surface area contributed by atoms with Gasteiger partial charge in [-0.3, -0.25) is 4.68 Å². The largest absolute Gasteiger partial charge is 0.462 e. The van der Waals surface area contributed by atoms with Crippen LogP contribution in [0.2, 0.25) is 0 Å². The van der Waals surface area contributed by atoms with Gasteiger partial charge >= 0.3 is 0 Å². The van der Waals surface area contributed by atoms with Crippen LogP contribution < -0.4 is 5.32 Å². The summed E-state index contributed by atoms with van der Waals surface area (Å²) >= 11 is 1.60. The molecule has 0 saturated carbocycles. The molecule has 104 valence electrons. The molecule has 3 aromatic rings. The Hall–Kier alpha value is -1.92. The number of nitrogens with one attached hydrogen (secondary N) is 1. The second-order valence-corrected chi connectivity index (χ2v) is 5.49. The van der Waals surface area contributed by atoms with Crippen molar-refractivity contribution in [2.75, 3.05) is 0 Å². The molecule has 0 aliphatic rings. The summed E-state index contributed by atoms with van der Waals surface area (Å²) in [4.78, 5) is 4.56. The minimum atomic E-state index is 0.337. The van der Waals surface area contributed by atoms with Crippen molar-refractivity contribution in [2.24, 2.45) is 0 Å². The Morgan fingerprint density at radius 2 is 2.40 bits per heavy atom. The van der Waals surface area contributed by atoms with E-state index in [1.165, 1.54) is 0 Å². The maximum Gasteiger partial charge on any atom is 0.162 e. The molecule has 20 heavy (non-hydrogen) atoms. The van der Waals surface area contributed by atoms with E-state index >= 15 is 0 Å².